The first-order valence-electron chi connectivity index (χ1n) is 20.0. The molecule has 7 aromatic carbocycles. The molecule has 10 aromatic rings. The second kappa shape index (κ2) is 15.7. The Balaban J connectivity index is 0.000000160. The number of furan rings is 1. The minimum Gasteiger partial charge on any atom is -0.500 e. The van der Waals surface area contributed by atoms with E-state index < -0.39 is 8.07 Å². The topological polar surface area (TPSA) is 38.9 Å². The number of pyridine rings is 2. The maximum absolute atomic E-state index is 6.52. The van der Waals surface area contributed by atoms with E-state index in [0.29, 0.717) is 11.8 Å². The summed E-state index contributed by atoms with van der Waals surface area (Å²) in [5.74, 6) is 0.933. The zero-order valence-electron chi connectivity index (χ0n) is 34.1. The van der Waals surface area contributed by atoms with Gasteiger partial charge in [0.15, 0.2) is 0 Å². The normalized spacial score (nSPS) is 11.9. The van der Waals surface area contributed by atoms with Crippen LogP contribution in [0.2, 0.25) is 19.6 Å². The summed E-state index contributed by atoms with van der Waals surface area (Å²) in [7, 11) is -1.36. The van der Waals surface area contributed by atoms with Gasteiger partial charge >= 0.3 is 0 Å². The van der Waals surface area contributed by atoms with Gasteiger partial charge in [0.25, 0.3) is 0 Å². The van der Waals surface area contributed by atoms with E-state index in [0.717, 1.165) is 44.5 Å². The fourth-order valence-electron chi connectivity index (χ4n) is 8.07. The Kier molecular flexibility index (Phi) is 10.7. The zero-order chi connectivity index (χ0) is 39.4. The van der Waals surface area contributed by atoms with Crippen molar-refractivity contribution in [1.29, 1.82) is 0 Å². The summed E-state index contributed by atoms with van der Waals surface area (Å²) in [4.78, 5) is 9.24. The second-order valence-electron chi connectivity index (χ2n) is 16.8. The van der Waals surface area contributed by atoms with E-state index in [-0.39, 0.29) is 20.1 Å². The van der Waals surface area contributed by atoms with Gasteiger partial charge in [0.1, 0.15) is 5.58 Å². The molecule has 289 valence electrons. The Morgan fingerprint density at radius 2 is 1.09 bits per heavy atom. The van der Waals surface area contributed by atoms with E-state index in [9.17, 15) is 0 Å². The van der Waals surface area contributed by atoms with Crippen molar-refractivity contribution in [2.45, 2.75) is 59.2 Å². The summed E-state index contributed by atoms with van der Waals surface area (Å²) in [5.41, 5.74) is 8.26. The van der Waals surface area contributed by atoms with Crippen molar-refractivity contribution in [2.24, 2.45) is 0 Å². The Morgan fingerprint density at radius 1 is 0.517 bits per heavy atom. The third-order valence-electron chi connectivity index (χ3n) is 11.4. The first-order valence-corrected chi connectivity index (χ1v) is 23.5. The predicted molar refractivity (Wildman–Crippen MR) is 245 cm³/mol. The van der Waals surface area contributed by atoms with Crippen LogP contribution < -0.4 is 5.19 Å². The summed E-state index contributed by atoms with van der Waals surface area (Å²) < 4.78 is 6.52. The molecule has 3 nitrogen and oxygen atoms in total. The van der Waals surface area contributed by atoms with Crippen molar-refractivity contribution in [3.63, 3.8) is 0 Å². The van der Waals surface area contributed by atoms with E-state index in [1.165, 1.54) is 59.4 Å². The van der Waals surface area contributed by atoms with Gasteiger partial charge < -0.3 is 14.4 Å². The monoisotopic (exact) mass is 947 g/mol. The van der Waals surface area contributed by atoms with Crippen LogP contribution in [0.3, 0.4) is 0 Å². The molecule has 5 heteroatoms. The number of nitrogens with zero attached hydrogens (tertiary/aromatic N) is 2. The largest absolute Gasteiger partial charge is 0.500 e. The summed E-state index contributed by atoms with van der Waals surface area (Å²) in [6.45, 7) is 16.0. The molecule has 3 heterocycles. The van der Waals surface area contributed by atoms with Crippen molar-refractivity contribution in [3.8, 4) is 22.5 Å². The van der Waals surface area contributed by atoms with Crippen LogP contribution in [0.25, 0.3) is 87.5 Å². The predicted octanol–water partition coefficient (Wildman–Crippen LogP) is 14.4. The third-order valence-corrected chi connectivity index (χ3v) is 13.4. The van der Waals surface area contributed by atoms with Crippen molar-refractivity contribution in [3.05, 3.63) is 163 Å². The van der Waals surface area contributed by atoms with Gasteiger partial charge in [-0.05, 0) is 56.9 Å². The van der Waals surface area contributed by atoms with Crippen LogP contribution in [0.15, 0.2) is 144 Å². The molecule has 0 N–H and O–H groups in total. The molecule has 0 unspecified atom stereocenters. The molecule has 3 aromatic heterocycles. The number of aromatic nitrogens is 2. The third kappa shape index (κ3) is 7.17. The molecule has 0 amide bonds. The zero-order valence-corrected chi connectivity index (χ0v) is 37.5. The van der Waals surface area contributed by atoms with Crippen LogP contribution in [0.5, 0.6) is 0 Å². The minimum absolute atomic E-state index is 0. The fraction of sp³-hybridized carbons (Fsp3) is 0.170. The van der Waals surface area contributed by atoms with Gasteiger partial charge in [0.05, 0.1) is 13.7 Å². The summed E-state index contributed by atoms with van der Waals surface area (Å²) in [6, 6.07) is 52.4. The van der Waals surface area contributed by atoms with Crippen LogP contribution in [0.1, 0.15) is 50.7 Å². The van der Waals surface area contributed by atoms with Crippen LogP contribution in [0.4, 0.5) is 0 Å². The number of benzene rings is 7. The smallest absolute Gasteiger partial charge is 0.128 e. The van der Waals surface area contributed by atoms with E-state index in [1.807, 2.05) is 18.5 Å². The average Bonchev–Trinajstić information content (AvgIpc) is 3.63. The SMILES string of the molecule is CC(C)c1ccnc(-c2[c-]cc3c4ccccc4c4ccccc4c3c2)c1.CC(C)c1ccnc(-c2[c-]ccc3c2oc2c4ccc([Si](C)(C)C)cc4ccc32)c1.[Ir]. The molecular formula is C53H46IrN2OSi-2. The standard InChI is InChI=1S/C27H26NOSi.C26H20N.Ir/c1-17(2)18-13-14-28-25(16-18)24-8-6-7-22-23-11-9-19-15-20(30(3,4)5)10-12-21(19)26(23)29-27(22)24;1-17(2)18-13-14-27-26(16-18)19-11-12-24-22-9-4-3-7-20(22)21-8-5-6-10-23(21)25(24)15-19;/h6-7,9-17H,1-5H3;3-10,12-17H,1-2H3;/q2*-1;. The van der Waals surface area contributed by atoms with Crippen molar-refractivity contribution < 1.29 is 24.5 Å². The minimum atomic E-state index is -1.36. The Labute approximate surface area is 355 Å². The molecule has 0 fully saturated rings. The molecule has 0 bridgehead atoms. The van der Waals surface area contributed by atoms with Crippen LogP contribution in [-0.2, 0) is 20.1 Å². The molecule has 0 spiro atoms. The average molecular weight is 947 g/mol. The van der Waals surface area contributed by atoms with Crippen molar-refractivity contribution in [2.75, 3.05) is 0 Å². The van der Waals surface area contributed by atoms with E-state index in [2.05, 4.69) is 191 Å². The fourth-order valence-corrected chi connectivity index (χ4v) is 9.24. The van der Waals surface area contributed by atoms with E-state index >= 15 is 0 Å². The Bertz CT molecular complexity index is 3100. The maximum Gasteiger partial charge on any atom is 0.128 e. The van der Waals surface area contributed by atoms with Crippen LogP contribution in [-0.4, -0.2) is 18.0 Å². The molecule has 0 aliphatic heterocycles. The molecular weight excluding hydrogens is 901 g/mol. The van der Waals surface area contributed by atoms with E-state index in [1.54, 1.807) is 0 Å². The first kappa shape index (κ1) is 39.4. The van der Waals surface area contributed by atoms with Crippen molar-refractivity contribution >= 4 is 78.3 Å². The van der Waals surface area contributed by atoms with Crippen molar-refractivity contribution in [1.82, 2.24) is 9.97 Å². The van der Waals surface area contributed by atoms with Gasteiger partial charge in [-0.3, -0.25) is 0 Å². The summed E-state index contributed by atoms with van der Waals surface area (Å²) >= 11 is 0. The summed E-state index contributed by atoms with van der Waals surface area (Å²) in [5, 5.41) is 13.8. The number of fused-ring (bicyclic) bond motifs is 11. The molecule has 1 radical (unpaired) electrons. The number of hydrogen-bond acceptors (Lipinski definition) is 3. The summed E-state index contributed by atoms with van der Waals surface area (Å²) in [6.07, 6.45) is 3.79. The van der Waals surface area contributed by atoms with Gasteiger partial charge in [-0.2, -0.15) is 0 Å². The Morgan fingerprint density at radius 3 is 1.72 bits per heavy atom. The van der Waals surface area contributed by atoms with Crippen LogP contribution >= 0.6 is 0 Å². The Hall–Kier alpha value is -5.45. The number of hydrogen-bond donors (Lipinski definition) is 0. The van der Waals surface area contributed by atoms with Gasteiger partial charge in [-0.1, -0.05) is 182 Å². The number of rotatable bonds is 5. The van der Waals surface area contributed by atoms with Gasteiger partial charge in [0.2, 0.25) is 0 Å². The van der Waals surface area contributed by atoms with Crippen LogP contribution in [0, 0.1) is 12.1 Å². The van der Waals surface area contributed by atoms with Gasteiger partial charge in [0, 0.05) is 43.3 Å². The van der Waals surface area contributed by atoms with Gasteiger partial charge in [-0.25, -0.2) is 0 Å². The van der Waals surface area contributed by atoms with Gasteiger partial charge in [-0.15, -0.1) is 42.0 Å². The molecule has 0 saturated carbocycles. The molecule has 0 aliphatic rings. The molecule has 58 heavy (non-hydrogen) atoms. The van der Waals surface area contributed by atoms with E-state index in [4.69, 9.17) is 4.42 Å². The quantitative estimate of drug-likeness (QED) is 0.0980. The molecule has 0 atom stereocenters. The molecule has 0 saturated heterocycles. The molecule has 0 aliphatic carbocycles. The first-order chi connectivity index (χ1) is 27.5. The second-order valence-corrected chi connectivity index (χ2v) is 21.9. The maximum atomic E-state index is 6.52. The molecule has 10 rings (SSSR count).